The topological polar surface area (TPSA) is 48.1 Å². The molecule has 2 rings (SSSR count). The fourth-order valence-corrected chi connectivity index (χ4v) is 2.90. The number of hydrogen-bond acceptors (Lipinski definition) is 4. The van der Waals surface area contributed by atoms with Crippen molar-refractivity contribution in [1.29, 1.82) is 0 Å². The van der Waals surface area contributed by atoms with E-state index in [-0.39, 0.29) is 6.04 Å². The Morgan fingerprint density at radius 3 is 2.93 bits per heavy atom. The normalized spacial score (nSPS) is 24.1. The number of thiazole rings is 1. The third-order valence-corrected chi connectivity index (χ3v) is 3.71. The van der Waals surface area contributed by atoms with Gasteiger partial charge in [0.1, 0.15) is 0 Å². The molecule has 2 N–H and O–H groups in total. The van der Waals surface area contributed by atoms with Crippen LogP contribution in [0, 0.1) is 6.92 Å². The molecule has 0 aliphatic carbocycles. The summed E-state index contributed by atoms with van der Waals surface area (Å²) < 4.78 is 5.36. The van der Waals surface area contributed by atoms with Gasteiger partial charge in [-0.2, -0.15) is 0 Å². The van der Waals surface area contributed by atoms with Crippen molar-refractivity contribution in [1.82, 2.24) is 4.98 Å². The van der Waals surface area contributed by atoms with Crippen molar-refractivity contribution in [3.05, 3.63) is 15.6 Å². The molecule has 0 spiro atoms. The fraction of sp³-hybridized carbons (Fsp3) is 0.700. The van der Waals surface area contributed by atoms with Crippen LogP contribution in [0.1, 0.15) is 40.9 Å². The Labute approximate surface area is 88.3 Å². The van der Waals surface area contributed by atoms with Crippen molar-refractivity contribution in [2.45, 2.75) is 32.2 Å². The first-order chi connectivity index (χ1) is 6.68. The maximum atomic E-state index is 5.84. The lowest BCUT2D eigenvalue weighted by Gasteiger charge is -2.02. The minimum Gasteiger partial charge on any atom is -0.381 e. The van der Waals surface area contributed by atoms with Crippen LogP contribution >= 0.6 is 11.3 Å². The Hall–Kier alpha value is -0.450. The van der Waals surface area contributed by atoms with Crippen molar-refractivity contribution in [2.24, 2.45) is 5.73 Å². The number of ether oxygens (including phenoxy) is 1. The second-order valence-corrected chi connectivity index (χ2v) is 5.08. The second kappa shape index (κ2) is 3.96. The number of rotatable bonds is 2. The largest absolute Gasteiger partial charge is 0.381 e. The molecular formula is C10H16N2OS. The van der Waals surface area contributed by atoms with Gasteiger partial charge < -0.3 is 10.5 Å². The fourth-order valence-electron chi connectivity index (χ4n) is 1.76. The van der Waals surface area contributed by atoms with Crippen LogP contribution in [-0.4, -0.2) is 18.2 Å². The van der Waals surface area contributed by atoms with Crippen LogP contribution in [0.4, 0.5) is 0 Å². The number of aromatic nitrogens is 1. The summed E-state index contributed by atoms with van der Waals surface area (Å²) in [6, 6.07) is 0.0438. The lowest BCUT2D eigenvalue weighted by Crippen LogP contribution is -2.07. The van der Waals surface area contributed by atoms with E-state index in [2.05, 4.69) is 11.9 Å². The van der Waals surface area contributed by atoms with Crippen molar-refractivity contribution >= 4 is 11.3 Å². The highest BCUT2D eigenvalue weighted by Crippen LogP contribution is 2.31. The van der Waals surface area contributed by atoms with Crippen LogP contribution in [0.3, 0.4) is 0 Å². The van der Waals surface area contributed by atoms with E-state index in [4.69, 9.17) is 10.5 Å². The minimum absolute atomic E-state index is 0.0438. The Bertz CT molecular complexity index is 316. The maximum Gasteiger partial charge on any atom is 0.0986 e. The molecule has 1 aromatic rings. The van der Waals surface area contributed by atoms with E-state index in [9.17, 15) is 0 Å². The molecule has 0 saturated carbocycles. The molecule has 1 aliphatic heterocycles. The molecule has 2 atom stereocenters. The predicted molar refractivity (Wildman–Crippen MR) is 57.6 cm³/mol. The Kier molecular flexibility index (Phi) is 2.85. The molecule has 78 valence electrons. The third kappa shape index (κ3) is 1.82. The van der Waals surface area contributed by atoms with E-state index in [1.54, 1.807) is 11.3 Å². The number of aryl methyl sites for hydroxylation is 1. The molecule has 3 nitrogen and oxygen atoms in total. The standard InChI is InChI=1S/C10H16N2OS/c1-6(11)9-7(2)14-10(12-9)8-3-4-13-5-8/h6,8H,3-5,11H2,1-2H3. The van der Waals surface area contributed by atoms with Crippen LogP contribution in [0.5, 0.6) is 0 Å². The summed E-state index contributed by atoms with van der Waals surface area (Å²) in [7, 11) is 0. The van der Waals surface area contributed by atoms with Gasteiger partial charge in [0.05, 0.1) is 17.3 Å². The number of nitrogens with zero attached hydrogens (tertiary/aromatic N) is 1. The van der Waals surface area contributed by atoms with Gasteiger partial charge in [-0.3, -0.25) is 0 Å². The lowest BCUT2D eigenvalue weighted by atomic mass is 10.1. The van der Waals surface area contributed by atoms with Gasteiger partial charge in [-0.15, -0.1) is 11.3 Å². The van der Waals surface area contributed by atoms with E-state index < -0.39 is 0 Å². The first kappa shape index (κ1) is 10.1. The molecule has 1 aromatic heterocycles. The van der Waals surface area contributed by atoms with Gasteiger partial charge in [0, 0.05) is 23.4 Å². The zero-order valence-corrected chi connectivity index (χ0v) is 9.43. The van der Waals surface area contributed by atoms with Gasteiger partial charge in [-0.1, -0.05) is 0 Å². The molecular weight excluding hydrogens is 196 g/mol. The van der Waals surface area contributed by atoms with E-state index >= 15 is 0 Å². The monoisotopic (exact) mass is 212 g/mol. The molecule has 14 heavy (non-hydrogen) atoms. The molecule has 2 unspecified atom stereocenters. The number of hydrogen-bond donors (Lipinski definition) is 1. The summed E-state index contributed by atoms with van der Waals surface area (Å²) in [6.07, 6.45) is 1.10. The highest BCUT2D eigenvalue weighted by atomic mass is 32.1. The summed E-state index contributed by atoms with van der Waals surface area (Å²) in [4.78, 5) is 5.86. The maximum absolute atomic E-state index is 5.84. The predicted octanol–water partition coefficient (Wildman–Crippen LogP) is 1.98. The zero-order valence-electron chi connectivity index (χ0n) is 8.62. The van der Waals surface area contributed by atoms with Crippen molar-refractivity contribution in [3.8, 4) is 0 Å². The van der Waals surface area contributed by atoms with Crippen LogP contribution in [0.25, 0.3) is 0 Å². The van der Waals surface area contributed by atoms with E-state index in [0.29, 0.717) is 5.92 Å². The average molecular weight is 212 g/mol. The Balaban J connectivity index is 2.22. The molecule has 0 amide bonds. The quantitative estimate of drug-likeness (QED) is 0.815. The van der Waals surface area contributed by atoms with E-state index in [0.717, 1.165) is 25.3 Å². The van der Waals surface area contributed by atoms with Crippen molar-refractivity contribution < 1.29 is 4.74 Å². The zero-order chi connectivity index (χ0) is 10.1. The molecule has 4 heteroatoms. The van der Waals surface area contributed by atoms with Gasteiger partial charge in [0.2, 0.25) is 0 Å². The summed E-state index contributed by atoms with van der Waals surface area (Å²) in [5, 5.41) is 1.20. The van der Waals surface area contributed by atoms with Gasteiger partial charge >= 0.3 is 0 Å². The Morgan fingerprint density at radius 2 is 2.43 bits per heavy atom. The molecule has 1 saturated heterocycles. The van der Waals surface area contributed by atoms with Gasteiger partial charge in [0.15, 0.2) is 0 Å². The summed E-state index contributed by atoms with van der Waals surface area (Å²) in [5.74, 6) is 0.506. The SMILES string of the molecule is Cc1sc(C2CCOC2)nc1C(C)N. The molecule has 2 heterocycles. The lowest BCUT2D eigenvalue weighted by molar-refractivity contribution is 0.194. The second-order valence-electron chi connectivity index (χ2n) is 3.84. The summed E-state index contributed by atoms with van der Waals surface area (Å²) >= 11 is 1.77. The van der Waals surface area contributed by atoms with Crippen LogP contribution in [0.15, 0.2) is 0 Å². The van der Waals surface area contributed by atoms with Crippen LogP contribution in [-0.2, 0) is 4.74 Å². The van der Waals surface area contributed by atoms with Gasteiger partial charge in [0.25, 0.3) is 0 Å². The third-order valence-electron chi connectivity index (χ3n) is 2.56. The number of nitrogens with two attached hydrogens (primary N) is 1. The van der Waals surface area contributed by atoms with E-state index in [1.165, 1.54) is 9.88 Å². The van der Waals surface area contributed by atoms with Crippen molar-refractivity contribution in [3.63, 3.8) is 0 Å². The first-order valence-electron chi connectivity index (χ1n) is 4.99. The molecule has 0 radical (unpaired) electrons. The summed E-state index contributed by atoms with van der Waals surface area (Å²) in [5.41, 5.74) is 6.89. The molecule has 1 aliphatic rings. The van der Waals surface area contributed by atoms with Crippen LogP contribution in [0.2, 0.25) is 0 Å². The average Bonchev–Trinajstić information content (AvgIpc) is 2.70. The van der Waals surface area contributed by atoms with Gasteiger partial charge in [-0.05, 0) is 20.3 Å². The van der Waals surface area contributed by atoms with Crippen molar-refractivity contribution in [2.75, 3.05) is 13.2 Å². The highest BCUT2D eigenvalue weighted by Gasteiger charge is 2.22. The highest BCUT2D eigenvalue weighted by molar-refractivity contribution is 7.11. The summed E-state index contributed by atoms with van der Waals surface area (Å²) in [6.45, 7) is 5.77. The van der Waals surface area contributed by atoms with Gasteiger partial charge in [-0.25, -0.2) is 4.98 Å². The first-order valence-corrected chi connectivity index (χ1v) is 5.80. The molecule has 0 bridgehead atoms. The molecule has 1 fully saturated rings. The van der Waals surface area contributed by atoms with E-state index in [1.807, 2.05) is 6.92 Å². The van der Waals surface area contributed by atoms with Crippen LogP contribution < -0.4 is 5.73 Å². The minimum atomic E-state index is 0.0438. The molecule has 0 aromatic carbocycles. The smallest absolute Gasteiger partial charge is 0.0986 e. The Morgan fingerprint density at radius 1 is 1.64 bits per heavy atom.